The van der Waals surface area contributed by atoms with Gasteiger partial charge in [-0.15, -0.1) is 11.3 Å². The van der Waals surface area contributed by atoms with E-state index in [4.69, 9.17) is 4.74 Å². The molecule has 4 atom stereocenters. The third kappa shape index (κ3) is 2.55. The van der Waals surface area contributed by atoms with Crippen LogP contribution in [0.1, 0.15) is 45.6 Å². The zero-order valence-corrected chi connectivity index (χ0v) is 17.2. The Balaban J connectivity index is 1.34. The number of fused-ring (bicyclic) bond motifs is 6. The fourth-order valence-electron chi connectivity index (χ4n) is 5.56. The molecule has 4 aliphatic rings. The molecule has 6 nitrogen and oxygen atoms in total. The highest BCUT2D eigenvalue weighted by atomic mass is 32.1. The molecule has 3 saturated heterocycles. The molecule has 1 aromatic carbocycles. The first-order valence-corrected chi connectivity index (χ1v) is 11.4. The molecule has 30 heavy (non-hydrogen) atoms. The number of aryl methyl sites for hydroxylation is 1. The third-order valence-corrected chi connectivity index (χ3v) is 8.19. The smallest absolute Gasteiger partial charge is 0.254 e. The molecule has 2 aromatic rings. The predicted octanol–water partition coefficient (Wildman–Crippen LogP) is 2.83. The highest BCUT2D eigenvalue weighted by Crippen LogP contribution is 2.51. The molecule has 7 heteroatoms. The Morgan fingerprint density at radius 1 is 1.07 bits per heavy atom. The summed E-state index contributed by atoms with van der Waals surface area (Å²) >= 11 is 1.45. The monoisotopic (exact) mass is 422 g/mol. The van der Waals surface area contributed by atoms with E-state index < -0.39 is 0 Å². The lowest BCUT2D eigenvalue weighted by Gasteiger charge is -2.18. The van der Waals surface area contributed by atoms with Crippen molar-refractivity contribution in [2.45, 2.75) is 50.9 Å². The Morgan fingerprint density at radius 3 is 2.47 bits per heavy atom. The van der Waals surface area contributed by atoms with E-state index in [0.29, 0.717) is 17.1 Å². The molecule has 2 bridgehead atoms. The lowest BCUT2D eigenvalue weighted by atomic mass is 9.81. The molecule has 1 aromatic heterocycles. The van der Waals surface area contributed by atoms with Crippen LogP contribution in [-0.2, 0) is 33.7 Å². The summed E-state index contributed by atoms with van der Waals surface area (Å²) in [5.74, 6) is -1.34. The topological polar surface area (TPSA) is 75.7 Å². The maximum absolute atomic E-state index is 13.3. The second-order valence-corrected chi connectivity index (χ2v) is 9.64. The number of amides is 3. The van der Waals surface area contributed by atoms with Crippen LogP contribution in [-0.4, -0.2) is 29.9 Å². The Bertz CT molecular complexity index is 1030. The Hall–Kier alpha value is -2.51. The minimum absolute atomic E-state index is 0.149. The van der Waals surface area contributed by atoms with Gasteiger partial charge in [0.2, 0.25) is 11.8 Å². The highest BCUT2D eigenvalue weighted by Gasteiger charge is 2.63. The van der Waals surface area contributed by atoms with Crippen LogP contribution in [0.15, 0.2) is 30.3 Å². The van der Waals surface area contributed by atoms with E-state index in [0.717, 1.165) is 48.1 Å². The minimum atomic E-state index is -0.381. The van der Waals surface area contributed by atoms with E-state index in [1.165, 1.54) is 16.2 Å². The van der Waals surface area contributed by atoms with Gasteiger partial charge < -0.3 is 10.1 Å². The summed E-state index contributed by atoms with van der Waals surface area (Å²) in [6, 6.07) is 9.73. The van der Waals surface area contributed by atoms with Crippen LogP contribution in [0.2, 0.25) is 0 Å². The molecule has 0 radical (unpaired) electrons. The van der Waals surface area contributed by atoms with Gasteiger partial charge in [-0.25, -0.2) is 4.90 Å². The molecule has 1 aliphatic carbocycles. The van der Waals surface area contributed by atoms with Crippen LogP contribution in [0.3, 0.4) is 0 Å². The Morgan fingerprint density at radius 2 is 1.77 bits per heavy atom. The summed E-state index contributed by atoms with van der Waals surface area (Å²) in [5.41, 5.74) is 2.55. The SMILES string of the molecule is O=C(NCc1ccccc1)c1c(N2C(=O)[C@@H]3[C@H](C2=O)[C@H]2CC[C@@H]3O2)sc2c1CCC2. The summed E-state index contributed by atoms with van der Waals surface area (Å²) in [5, 5.41) is 3.52. The van der Waals surface area contributed by atoms with Crippen molar-refractivity contribution >= 4 is 34.1 Å². The van der Waals surface area contributed by atoms with Gasteiger partial charge >= 0.3 is 0 Å². The summed E-state index contributed by atoms with van der Waals surface area (Å²) in [7, 11) is 0. The molecule has 6 rings (SSSR count). The molecule has 3 amide bonds. The van der Waals surface area contributed by atoms with Crippen molar-refractivity contribution in [3.8, 4) is 0 Å². The Labute approximate surface area is 178 Å². The Kier molecular flexibility index (Phi) is 4.11. The lowest BCUT2D eigenvalue weighted by molar-refractivity contribution is -0.124. The number of hydrogen-bond donors (Lipinski definition) is 1. The summed E-state index contributed by atoms with van der Waals surface area (Å²) in [6.07, 6.45) is 4.10. The van der Waals surface area contributed by atoms with Crippen LogP contribution in [0.4, 0.5) is 5.00 Å². The van der Waals surface area contributed by atoms with Crippen LogP contribution in [0, 0.1) is 11.8 Å². The van der Waals surface area contributed by atoms with Gasteiger partial charge in [0.05, 0.1) is 29.6 Å². The number of ether oxygens (including phenoxy) is 1. The van der Waals surface area contributed by atoms with Gasteiger partial charge in [-0.05, 0) is 43.2 Å². The minimum Gasteiger partial charge on any atom is -0.373 e. The highest BCUT2D eigenvalue weighted by molar-refractivity contribution is 7.17. The van der Waals surface area contributed by atoms with Crippen LogP contribution in [0.5, 0.6) is 0 Å². The van der Waals surface area contributed by atoms with E-state index in [1.54, 1.807) is 0 Å². The molecule has 1 N–H and O–H groups in total. The average molecular weight is 423 g/mol. The number of nitrogens with one attached hydrogen (secondary N) is 1. The van der Waals surface area contributed by atoms with E-state index in [1.807, 2.05) is 30.3 Å². The van der Waals surface area contributed by atoms with Gasteiger partial charge in [0, 0.05) is 11.4 Å². The van der Waals surface area contributed by atoms with E-state index in [9.17, 15) is 14.4 Å². The molecule has 0 saturated carbocycles. The molecule has 0 spiro atoms. The molecular formula is C23H22N2O4S. The first kappa shape index (κ1) is 18.3. The number of hydrogen-bond acceptors (Lipinski definition) is 5. The number of nitrogens with zero attached hydrogens (tertiary/aromatic N) is 1. The van der Waals surface area contributed by atoms with E-state index in [-0.39, 0.29) is 41.8 Å². The normalized spacial score (nSPS) is 28.9. The first-order chi connectivity index (χ1) is 14.6. The number of carbonyl (C=O) groups is 3. The van der Waals surface area contributed by atoms with Gasteiger partial charge in [-0.2, -0.15) is 0 Å². The number of benzene rings is 1. The number of thiophene rings is 1. The maximum atomic E-state index is 13.3. The largest absolute Gasteiger partial charge is 0.373 e. The third-order valence-electron chi connectivity index (χ3n) is 6.91. The van der Waals surface area contributed by atoms with Gasteiger partial charge in [0.15, 0.2) is 0 Å². The number of anilines is 1. The first-order valence-electron chi connectivity index (χ1n) is 10.6. The zero-order chi connectivity index (χ0) is 20.4. The standard InChI is InChI=1S/C23H22N2O4S/c26-20(24-11-12-5-2-1-3-6-12)17-13-7-4-8-16(13)30-23(17)25-21(27)18-14-9-10-15(29-14)19(18)22(25)28/h1-3,5-6,14-15,18-19H,4,7-11H2,(H,24,26)/t14-,15+,18-,19+. The second kappa shape index (κ2) is 6.75. The van der Waals surface area contributed by atoms with Crippen LogP contribution in [0.25, 0.3) is 0 Å². The predicted molar refractivity (Wildman–Crippen MR) is 111 cm³/mol. The van der Waals surface area contributed by atoms with Gasteiger partial charge in [0.25, 0.3) is 5.91 Å². The fourth-order valence-corrected chi connectivity index (χ4v) is 6.96. The molecule has 154 valence electrons. The quantitative estimate of drug-likeness (QED) is 0.769. The second-order valence-electron chi connectivity index (χ2n) is 8.56. The lowest BCUT2D eigenvalue weighted by Crippen LogP contribution is -2.35. The van der Waals surface area contributed by atoms with Gasteiger partial charge in [-0.3, -0.25) is 14.4 Å². The van der Waals surface area contributed by atoms with Crippen LogP contribution < -0.4 is 10.2 Å². The van der Waals surface area contributed by atoms with Crippen molar-refractivity contribution in [1.82, 2.24) is 5.32 Å². The fraction of sp³-hybridized carbons (Fsp3) is 0.435. The van der Waals surface area contributed by atoms with Crippen molar-refractivity contribution in [1.29, 1.82) is 0 Å². The summed E-state index contributed by atoms with van der Waals surface area (Å²) in [4.78, 5) is 42.2. The number of rotatable bonds is 4. The van der Waals surface area contributed by atoms with Crippen LogP contribution >= 0.6 is 11.3 Å². The zero-order valence-electron chi connectivity index (χ0n) is 16.4. The summed E-state index contributed by atoms with van der Waals surface area (Å²) in [6.45, 7) is 0.412. The molecule has 0 unspecified atom stereocenters. The van der Waals surface area contributed by atoms with Crippen molar-refractivity contribution in [2.75, 3.05) is 4.90 Å². The number of carbonyl (C=O) groups excluding carboxylic acids is 3. The maximum Gasteiger partial charge on any atom is 0.254 e. The molecule has 4 heterocycles. The van der Waals surface area contributed by atoms with Crippen molar-refractivity contribution in [3.63, 3.8) is 0 Å². The van der Waals surface area contributed by atoms with E-state index >= 15 is 0 Å². The number of imide groups is 1. The van der Waals surface area contributed by atoms with Crippen molar-refractivity contribution < 1.29 is 19.1 Å². The van der Waals surface area contributed by atoms with Gasteiger partial charge in [0.1, 0.15) is 5.00 Å². The van der Waals surface area contributed by atoms with Gasteiger partial charge in [-0.1, -0.05) is 30.3 Å². The summed E-state index contributed by atoms with van der Waals surface area (Å²) < 4.78 is 5.85. The van der Waals surface area contributed by atoms with E-state index in [2.05, 4.69) is 5.32 Å². The van der Waals surface area contributed by atoms with Crippen molar-refractivity contribution in [3.05, 3.63) is 51.9 Å². The molecule has 3 aliphatic heterocycles. The average Bonchev–Trinajstić information content (AvgIpc) is 3.54. The molecule has 3 fully saturated rings. The van der Waals surface area contributed by atoms with Crippen molar-refractivity contribution in [2.24, 2.45) is 11.8 Å². The molecular weight excluding hydrogens is 400 g/mol.